The molecular weight excluding hydrogens is 334 g/mol. The highest BCUT2D eigenvalue weighted by molar-refractivity contribution is 9.10. The van der Waals surface area contributed by atoms with E-state index < -0.39 is 29.8 Å². The zero-order valence-corrected chi connectivity index (χ0v) is 11.7. The molecule has 0 spiro atoms. The molecule has 1 N–H and O–H groups in total. The maximum atomic E-state index is 13.5. The summed E-state index contributed by atoms with van der Waals surface area (Å²) in [5, 5.41) is 9.10. The van der Waals surface area contributed by atoms with E-state index in [1.807, 2.05) is 0 Å². The van der Waals surface area contributed by atoms with Crippen molar-refractivity contribution in [1.29, 1.82) is 0 Å². The second-order valence-corrected chi connectivity index (χ2v) is 4.87. The highest BCUT2D eigenvalue weighted by atomic mass is 79.9. The number of carbonyl (C=O) groups excluding carboxylic acids is 1. The van der Waals surface area contributed by atoms with Crippen LogP contribution >= 0.6 is 15.9 Å². The van der Waals surface area contributed by atoms with Crippen LogP contribution in [0.3, 0.4) is 0 Å². The highest BCUT2D eigenvalue weighted by Crippen LogP contribution is 2.26. The summed E-state index contributed by atoms with van der Waals surface area (Å²) < 4.78 is 32.1. The lowest BCUT2D eigenvalue weighted by atomic mass is 10.1. The first kappa shape index (κ1) is 14.5. The van der Waals surface area contributed by atoms with Gasteiger partial charge in [-0.25, -0.2) is 8.78 Å². The normalized spacial score (nSPS) is 10.3. The molecule has 20 heavy (non-hydrogen) atoms. The number of aromatic hydroxyl groups is 1. The third-order valence-corrected chi connectivity index (χ3v) is 2.96. The number of Topliss-reactive ketones (excluding diaryl/α,β-unsaturated/α-hetero) is 1. The number of phenols is 1. The van der Waals surface area contributed by atoms with Crippen molar-refractivity contribution >= 4 is 21.7 Å². The zero-order chi connectivity index (χ0) is 14.7. The Bertz CT molecular complexity index is 618. The van der Waals surface area contributed by atoms with E-state index in [1.54, 1.807) is 0 Å². The molecule has 2 aromatic carbocycles. The fraction of sp³-hybridized carbons (Fsp3) is 0.0714. The van der Waals surface area contributed by atoms with Gasteiger partial charge in [0, 0.05) is 10.0 Å². The van der Waals surface area contributed by atoms with E-state index in [0.717, 1.165) is 12.1 Å². The van der Waals surface area contributed by atoms with Crippen molar-refractivity contribution in [1.82, 2.24) is 0 Å². The van der Waals surface area contributed by atoms with Gasteiger partial charge in [-0.15, -0.1) is 0 Å². The lowest BCUT2D eigenvalue weighted by Crippen LogP contribution is -2.13. The number of rotatable bonds is 4. The molecule has 3 nitrogen and oxygen atoms in total. The Morgan fingerprint density at radius 1 is 1.15 bits per heavy atom. The van der Waals surface area contributed by atoms with Crippen LogP contribution in [0.2, 0.25) is 0 Å². The van der Waals surface area contributed by atoms with Crippen LogP contribution in [0.4, 0.5) is 8.78 Å². The van der Waals surface area contributed by atoms with Crippen molar-refractivity contribution in [3.8, 4) is 11.5 Å². The summed E-state index contributed by atoms with van der Waals surface area (Å²) in [4.78, 5) is 11.8. The maximum absolute atomic E-state index is 13.5. The first-order valence-corrected chi connectivity index (χ1v) is 6.36. The quantitative estimate of drug-likeness (QED) is 0.862. The Hall–Kier alpha value is -1.95. The monoisotopic (exact) mass is 342 g/mol. The van der Waals surface area contributed by atoms with Crippen molar-refractivity contribution in [3.63, 3.8) is 0 Å². The minimum atomic E-state index is -0.893. The van der Waals surface area contributed by atoms with Gasteiger partial charge >= 0.3 is 0 Å². The Morgan fingerprint density at radius 2 is 1.70 bits per heavy atom. The van der Waals surface area contributed by atoms with Gasteiger partial charge < -0.3 is 9.84 Å². The standard InChI is InChI=1S/C14H9BrF2O3/c15-9-5-11(16)14(12(17)6-9)20-7-13(19)8-1-3-10(18)4-2-8/h1-6,18H,7H2. The number of carbonyl (C=O) groups is 1. The third kappa shape index (κ3) is 3.33. The largest absolute Gasteiger partial charge is 0.508 e. The Balaban J connectivity index is 2.09. The molecular formula is C14H9BrF2O3. The second kappa shape index (κ2) is 6.00. The van der Waals surface area contributed by atoms with Gasteiger partial charge in [-0.2, -0.15) is 0 Å². The summed E-state index contributed by atoms with van der Waals surface area (Å²) in [6.07, 6.45) is 0. The molecule has 0 aliphatic heterocycles. The molecule has 0 radical (unpaired) electrons. The van der Waals surface area contributed by atoms with E-state index >= 15 is 0 Å². The third-order valence-electron chi connectivity index (χ3n) is 2.50. The Morgan fingerprint density at radius 3 is 2.25 bits per heavy atom. The fourth-order valence-corrected chi connectivity index (χ4v) is 1.94. The minimum absolute atomic E-state index is 0.0208. The van der Waals surface area contributed by atoms with Crippen LogP contribution < -0.4 is 4.74 Å². The van der Waals surface area contributed by atoms with E-state index in [9.17, 15) is 13.6 Å². The number of benzene rings is 2. The molecule has 0 aromatic heterocycles. The van der Waals surface area contributed by atoms with Crippen LogP contribution in [-0.4, -0.2) is 17.5 Å². The van der Waals surface area contributed by atoms with Gasteiger partial charge in [0.2, 0.25) is 0 Å². The van der Waals surface area contributed by atoms with Crippen molar-refractivity contribution in [2.75, 3.05) is 6.61 Å². The average Bonchev–Trinajstić information content (AvgIpc) is 2.38. The summed E-state index contributed by atoms with van der Waals surface area (Å²) in [5.41, 5.74) is 0.278. The summed E-state index contributed by atoms with van der Waals surface area (Å²) in [5.74, 6) is -2.81. The minimum Gasteiger partial charge on any atom is -0.508 e. The second-order valence-electron chi connectivity index (χ2n) is 3.96. The molecule has 0 saturated carbocycles. The predicted molar refractivity (Wildman–Crippen MR) is 72.0 cm³/mol. The lowest BCUT2D eigenvalue weighted by molar-refractivity contribution is 0.0915. The van der Waals surface area contributed by atoms with E-state index in [4.69, 9.17) is 9.84 Å². The van der Waals surface area contributed by atoms with Crippen LogP contribution in [0.5, 0.6) is 11.5 Å². The number of hydrogen-bond donors (Lipinski definition) is 1. The van der Waals surface area contributed by atoms with Gasteiger partial charge in [0.25, 0.3) is 0 Å². The highest BCUT2D eigenvalue weighted by Gasteiger charge is 2.14. The van der Waals surface area contributed by atoms with E-state index in [0.29, 0.717) is 0 Å². The van der Waals surface area contributed by atoms with Gasteiger partial charge in [-0.05, 0) is 36.4 Å². The molecule has 0 fully saturated rings. The summed E-state index contributed by atoms with van der Waals surface area (Å²) in [6.45, 7) is -0.500. The molecule has 0 atom stereocenters. The molecule has 2 aromatic rings. The molecule has 0 aliphatic carbocycles. The van der Waals surface area contributed by atoms with E-state index in [1.165, 1.54) is 24.3 Å². The number of halogens is 3. The van der Waals surface area contributed by atoms with Crippen LogP contribution in [0.15, 0.2) is 40.9 Å². The number of ether oxygens (including phenoxy) is 1. The van der Waals surface area contributed by atoms with Crippen LogP contribution in [0.25, 0.3) is 0 Å². The molecule has 0 aliphatic rings. The SMILES string of the molecule is O=C(COc1c(F)cc(Br)cc1F)c1ccc(O)cc1. The summed E-state index contributed by atoms with van der Waals surface area (Å²) >= 11 is 2.94. The number of phenolic OH excluding ortho intramolecular Hbond substituents is 1. The van der Waals surface area contributed by atoms with Gasteiger partial charge in [0.1, 0.15) is 5.75 Å². The van der Waals surface area contributed by atoms with Gasteiger partial charge in [-0.1, -0.05) is 15.9 Å². The van der Waals surface area contributed by atoms with Crippen LogP contribution in [-0.2, 0) is 0 Å². The first-order chi connectivity index (χ1) is 9.47. The number of ketones is 1. The molecule has 0 unspecified atom stereocenters. The molecule has 0 amide bonds. The number of hydrogen-bond acceptors (Lipinski definition) is 3. The molecule has 0 saturated heterocycles. The van der Waals surface area contributed by atoms with Crippen LogP contribution in [0.1, 0.15) is 10.4 Å². The van der Waals surface area contributed by atoms with E-state index in [-0.39, 0.29) is 15.8 Å². The van der Waals surface area contributed by atoms with Crippen molar-refractivity contribution in [2.45, 2.75) is 0 Å². The van der Waals surface area contributed by atoms with E-state index in [2.05, 4.69) is 15.9 Å². The van der Waals surface area contributed by atoms with Crippen molar-refractivity contribution in [3.05, 3.63) is 58.1 Å². The Labute approximate surface area is 121 Å². The average molecular weight is 343 g/mol. The maximum Gasteiger partial charge on any atom is 0.200 e. The van der Waals surface area contributed by atoms with Crippen molar-refractivity contribution < 1.29 is 23.4 Å². The Kier molecular flexibility index (Phi) is 4.34. The fourth-order valence-electron chi connectivity index (χ4n) is 1.54. The molecule has 2 rings (SSSR count). The predicted octanol–water partition coefficient (Wildman–Crippen LogP) is 3.69. The molecule has 0 bridgehead atoms. The smallest absolute Gasteiger partial charge is 0.200 e. The van der Waals surface area contributed by atoms with Gasteiger partial charge in [0.15, 0.2) is 29.8 Å². The van der Waals surface area contributed by atoms with Gasteiger partial charge in [0.05, 0.1) is 0 Å². The lowest BCUT2D eigenvalue weighted by Gasteiger charge is -2.08. The zero-order valence-electron chi connectivity index (χ0n) is 10.1. The topological polar surface area (TPSA) is 46.5 Å². The first-order valence-electron chi connectivity index (χ1n) is 5.57. The van der Waals surface area contributed by atoms with Crippen molar-refractivity contribution in [2.24, 2.45) is 0 Å². The summed E-state index contributed by atoms with van der Waals surface area (Å²) in [6, 6.07) is 7.57. The summed E-state index contributed by atoms with van der Waals surface area (Å²) in [7, 11) is 0. The molecule has 6 heteroatoms. The molecule has 104 valence electrons. The van der Waals surface area contributed by atoms with Crippen LogP contribution in [0, 0.1) is 11.6 Å². The van der Waals surface area contributed by atoms with Gasteiger partial charge in [-0.3, -0.25) is 4.79 Å². The molecule has 0 heterocycles.